The molecule has 0 radical (unpaired) electrons. The first-order valence-electron chi connectivity index (χ1n) is 4.86. The van der Waals surface area contributed by atoms with Crippen LogP contribution in [0.15, 0.2) is 18.2 Å². The molecule has 1 rings (SSSR count). The Kier molecular flexibility index (Phi) is 4.65. The molecule has 0 spiro atoms. The summed E-state index contributed by atoms with van der Waals surface area (Å²) < 4.78 is 30.7. The zero-order chi connectivity index (χ0) is 11.3. The normalized spacial score (nSPS) is 12.8. The van der Waals surface area contributed by atoms with Gasteiger partial charge >= 0.3 is 0 Å². The summed E-state index contributed by atoms with van der Waals surface area (Å²) in [7, 11) is 1.57. The highest BCUT2D eigenvalue weighted by molar-refractivity contribution is 5.21. The molecular formula is C11H15F2NO. The highest BCUT2D eigenvalue weighted by Gasteiger charge is 2.12. The molecule has 0 bridgehead atoms. The van der Waals surface area contributed by atoms with Crippen LogP contribution in [0, 0.1) is 11.6 Å². The van der Waals surface area contributed by atoms with E-state index in [1.165, 1.54) is 6.07 Å². The first kappa shape index (κ1) is 12.1. The summed E-state index contributed by atoms with van der Waals surface area (Å²) in [6.07, 6.45) is 0. The van der Waals surface area contributed by atoms with Crippen LogP contribution in [-0.4, -0.2) is 20.3 Å². The van der Waals surface area contributed by atoms with E-state index in [1.54, 1.807) is 13.2 Å². The van der Waals surface area contributed by atoms with E-state index >= 15 is 0 Å². The van der Waals surface area contributed by atoms with Gasteiger partial charge in [-0.25, -0.2) is 8.78 Å². The zero-order valence-corrected chi connectivity index (χ0v) is 8.89. The maximum Gasteiger partial charge on any atom is 0.159 e. The van der Waals surface area contributed by atoms with E-state index in [1.807, 2.05) is 6.92 Å². The molecule has 84 valence electrons. The Morgan fingerprint density at radius 3 is 2.60 bits per heavy atom. The smallest absolute Gasteiger partial charge is 0.159 e. The molecule has 0 fully saturated rings. The molecule has 0 heterocycles. The summed E-state index contributed by atoms with van der Waals surface area (Å²) in [4.78, 5) is 0. The fraction of sp³-hybridized carbons (Fsp3) is 0.455. The van der Waals surface area contributed by atoms with Crippen LogP contribution in [0.3, 0.4) is 0 Å². The van der Waals surface area contributed by atoms with Crippen molar-refractivity contribution in [2.75, 3.05) is 20.3 Å². The second-order valence-corrected chi connectivity index (χ2v) is 3.24. The highest BCUT2D eigenvalue weighted by atomic mass is 19.2. The van der Waals surface area contributed by atoms with Gasteiger partial charge in [0.1, 0.15) is 0 Å². The molecule has 1 aromatic rings. The van der Waals surface area contributed by atoms with Crippen molar-refractivity contribution >= 4 is 0 Å². The summed E-state index contributed by atoms with van der Waals surface area (Å²) in [6.45, 7) is 3.12. The average Bonchev–Trinajstić information content (AvgIpc) is 2.22. The van der Waals surface area contributed by atoms with Gasteiger partial charge in [-0.15, -0.1) is 0 Å². The van der Waals surface area contributed by atoms with Gasteiger partial charge in [0, 0.05) is 7.11 Å². The Balaban J connectivity index is 2.85. The Morgan fingerprint density at radius 2 is 2.07 bits per heavy atom. The number of nitrogens with one attached hydrogen (secondary N) is 1. The van der Waals surface area contributed by atoms with Crippen molar-refractivity contribution in [1.29, 1.82) is 0 Å². The van der Waals surface area contributed by atoms with Crippen LogP contribution < -0.4 is 5.32 Å². The molecule has 2 nitrogen and oxygen atoms in total. The number of rotatable bonds is 5. The van der Waals surface area contributed by atoms with Gasteiger partial charge in [0.25, 0.3) is 0 Å². The fourth-order valence-electron chi connectivity index (χ4n) is 1.42. The van der Waals surface area contributed by atoms with Gasteiger partial charge in [0.15, 0.2) is 11.6 Å². The van der Waals surface area contributed by atoms with Gasteiger partial charge < -0.3 is 10.1 Å². The fourth-order valence-corrected chi connectivity index (χ4v) is 1.42. The van der Waals surface area contributed by atoms with E-state index < -0.39 is 11.6 Å². The number of halogens is 2. The predicted octanol–water partition coefficient (Wildman–Crippen LogP) is 2.26. The van der Waals surface area contributed by atoms with Crippen molar-refractivity contribution < 1.29 is 13.5 Å². The van der Waals surface area contributed by atoms with E-state index in [4.69, 9.17) is 4.74 Å². The molecule has 1 atom stereocenters. The van der Waals surface area contributed by atoms with E-state index in [0.29, 0.717) is 12.2 Å². The lowest BCUT2D eigenvalue weighted by Crippen LogP contribution is -2.25. The lowest BCUT2D eigenvalue weighted by atomic mass is 10.1. The van der Waals surface area contributed by atoms with Crippen molar-refractivity contribution in [3.05, 3.63) is 35.4 Å². The lowest BCUT2D eigenvalue weighted by molar-refractivity contribution is 0.167. The van der Waals surface area contributed by atoms with E-state index in [9.17, 15) is 8.78 Å². The molecule has 1 aromatic carbocycles. The first-order valence-corrected chi connectivity index (χ1v) is 4.86. The average molecular weight is 215 g/mol. The van der Waals surface area contributed by atoms with Crippen molar-refractivity contribution in [3.63, 3.8) is 0 Å². The zero-order valence-electron chi connectivity index (χ0n) is 8.89. The largest absolute Gasteiger partial charge is 0.383 e. The van der Waals surface area contributed by atoms with Crippen LogP contribution in [0.2, 0.25) is 0 Å². The topological polar surface area (TPSA) is 21.3 Å². The summed E-state index contributed by atoms with van der Waals surface area (Å²) in [5, 5.41) is 3.13. The SMILES string of the molecule is CCNC(COC)c1ccc(F)c(F)c1. The minimum atomic E-state index is -0.827. The molecule has 0 saturated carbocycles. The Morgan fingerprint density at radius 1 is 1.33 bits per heavy atom. The van der Waals surface area contributed by atoms with Gasteiger partial charge in [0.2, 0.25) is 0 Å². The number of likely N-dealkylation sites (N-methyl/N-ethyl adjacent to an activating group) is 1. The van der Waals surface area contributed by atoms with Crippen molar-refractivity contribution in [2.24, 2.45) is 0 Å². The predicted molar refractivity (Wildman–Crippen MR) is 54.7 cm³/mol. The number of methoxy groups -OCH3 is 1. The Hall–Kier alpha value is -1.00. The van der Waals surface area contributed by atoms with Crippen LogP contribution in [0.5, 0.6) is 0 Å². The number of ether oxygens (including phenoxy) is 1. The van der Waals surface area contributed by atoms with Gasteiger partial charge in [-0.3, -0.25) is 0 Å². The van der Waals surface area contributed by atoms with Crippen LogP contribution in [0.25, 0.3) is 0 Å². The second-order valence-electron chi connectivity index (χ2n) is 3.24. The molecule has 0 aliphatic heterocycles. The van der Waals surface area contributed by atoms with Crippen LogP contribution in [0.1, 0.15) is 18.5 Å². The Bertz CT molecular complexity index is 311. The molecule has 4 heteroatoms. The summed E-state index contributed by atoms with van der Waals surface area (Å²) in [5.41, 5.74) is 0.692. The molecule has 0 aliphatic carbocycles. The summed E-state index contributed by atoms with van der Waals surface area (Å²) >= 11 is 0. The third-order valence-corrected chi connectivity index (χ3v) is 2.13. The maximum atomic E-state index is 13.0. The molecule has 0 aliphatic rings. The molecule has 1 N–H and O–H groups in total. The first-order chi connectivity index (χ1) is 7.19. The van der Waals surface area contributed by atoms with Crippen LogP contribution in [0.4, 0.5) is 8.78 Å². The standard InChI is InChI=1S/C11H15F2NO/c1-3-14-11(7-15-2)8-4-5-9(12)10(13)6-8/h4-6,11,14H,3,7H2,1-2H3. The van der Waals surface area contributed by atoms with Crippen LogP contribution in [-0.2, 0) is 4.74 Å². The third kappa shape index (κ3) is 3.25. The minimum Gasteiger partial charge on any atom is -0.383 e. The molecule has 0 amide bonds. The molecular weight excluding hydrogens is 200 g/mol. The number of hydrogen-bond donors (Lipinski definition) is 1. The monoisotopic (exact) mass is 215 g/mol. The van der Waals surface area contributed by atoms with Gasteiger partial charge in [-0.1, -0.05) is 13.0 Å². The summed E-state index contributed by atoms with van der Waals surface area (Å²) in [5.74, 6) is -1.65. The number of benzene rings is 1. The minimum absolute atomic E-state index is 0.102. The summed E-state index contributed by atoms with van der Waals surface area (Å²) in [6, 6.07) is 3.78. The van der Waals surface area contributed by atoms with Crippen molar-refractivity contribution in [2.45, 2.75) is 13.0 Å². The third-order valence-electron chi connectivity index (χ3n) is 2.13. The maximum absolute atomic E-state index is 13.0. The molecule has 0 aromatic heterocycles. The van der Waals surface area contributed by atoms with Gasteiger partial charge in [-0.2, -0.15) is 0 Å². The molecule has 0 saturated heterocycles. The molecule has 15 heavy (non-hydrogen) atoms. The number of hydrogen-bond acceptors (Lipinski definition) is 2. The quantitative estimate of drug-likeness (QED) is 0.813. The Labute approximate surface area is 88.3 Å². The highest BCUT2D eigenvalue weighted by Crippen LogP contribution is 2.16. The van der Waals surface area contributed by atoms with Crippen molar-refractivity contribution in [1.82, 2.24) is 5.32 Å². The lowest BCUT2D eigenvalue weighted by Gasteiger charge is -2.17. The van der Waals surface area contributed by atoms with Crippen LogP contribution >= 0.6 is 0 Å². The van der Waals surface area contributed by atoms with E-state index in [-0.39, 0.29) is 6.04 Å². The van der Waals surface area contributed by atoms with E-state index in [2.05, 4.69) is 5.32 Å². The van der Waals surface area contributed by atoms with Gasteiger partial charge in [0.05, 0.1) is 12.6 Å². The van der Waals surface area contributed by atoms with Gasteiger partial charge in [-0.05, 0) is 24.2 Å². The van der Waals surface area contributed by atoms with Crippen molar-refractivity contribution in [3.8, 4) is 0 Å². The molecule has 1 unspecified atom stereocenters. The van der Waals surface area contributed by atoms with E-state index in [0.717, 1.165) is 12.6 Å². The second kappa shape index (κ2) is 5.78.